The predicted octanol–water partition coefficient (Wildman–Crippen LogP) is 12.2. The lowest BCUT2D eigenvalue weighted by atomic mass is 9.86. The van der Waals surface area contributed by atoms with Gasteiger partial charge in [-0.05, 0) is 101 Å². The van der Waals surface area contributed by atoms with Gasteiger partial charge in [-0.2, -0.15) is 0 Å². The summed E-state index contributed by atoms with van der Waals surface area (Å²) in [7, 11) is 0. The van der Waals surface area contributed by atoms with Gasteiger partial charge in [0.05, 0.1) is 11.0 Å². The monoisotopic (exact) mass is 569 g/mol. The van der Waals surface area contributed by atoms with Crippen molar-refractivity contribution < 1.29 is 0 Å². The van der Waals surface area contributed by atoms with Crippen LogP contribution in [0.3, 0.4) is 0 Å². The van der Waals surface area contributed by atoms with E-state index >= 15 is 0 Å². The third-order valence-corrected chi connectivity index (χ3v) is 9.73. The maximum Gasteiger partial charge on any atom is 0.0541 e. The molecule has 0 saturated carbocycles. The molecule has 0 aliphatic heterocycles. The summed E-state index contributed by atoms with van der Waals surface area (Å²) in [4.78, 5) is 0. The van der Waals surface area contributed by atoms with Crippen LogP contribution in [0.1, 0.15) is 0 Å². The standard InChI is InChI=1S/C44H27N/c1-2-12-30(13-3-1)45-41-21-11-10-17-35(41)39-26-29(23-25-42(39)45)28-22-24-34-33-16-6-8-19-37(33)43-36-18-7-4-14-31(36)32-15-5-9-20-38(32)44(43)40(34)27-28/h1-27H. The van der Waals surface area contributed by atoms with E-state index in [2.05, 4.69) is 168 Å². The molecule has 0 aliphatic carbocycles. The fourth-order valence-corrected chi connectivity index (χ4v) is 7.81. The first-order chi connectivity index (χ1) is 22.3. The molecule has 0 N–H and O–H groups in total. The number of fused-ring (bicyclic) bond motifs is 14. The molecule has 208 valence electrons. The Balaban J connectivity index is 1.32. The highest BCUT2D eigenvalue weighted by Gasteiger charge is 2.17. The first kappa shape index (κ1) is 24.5. The van der Waals surface area contributed by atoms with E-state index in [4.69, 9.17) is 0 Å². The zero-order valence-electron chi connectivity index (χ0n) is 24.5. The maximum atomic E-state index is 2.43. The third-order valence-electron chi connectivity index (χ3n) is 9.73. The molecule has 0 fully saturated rings. The fraction of sp³-hybridized carbons (Fsp3) is 0. The van der Waals surface area contributed by atoms with Crippen LogP contribution in [0.15, 0.2) is 164 Å². The summed E-state index contributed by atoms with van der Waals surface area (Å²) in [5.41, 5.74) is 6.09. The van der Waals surface area contributed by atoms with Crippen LogP contribution < -0.4 is 0 Å². The van der Waals surface area contributed by atoms with Crippen LogP contribution in [0, 0.1) is 0 Å². The molecule has 0 unspecified atom stereocenters. The highest BCUT2D eigenvalue weighted by molar-refractivity contribution is 6.39. The molecule has 10 aromatic rings. The van der Waals surface area contributed by atoms with Crippen LogP contribution in [-0.4, -0.2) is 4.57 Å². The van der Waals surface area contributed by atoms with Crippen LogP contribution in [0.5, 0.6) is 0 Å². The molecule has 0 aliphatic rings. The highest BCUT2D eigenvalue weighted by Crippen LogP contribution is 2.45. The minimum Gasteiger partial charge on any atom is -0.309 e. The van der Waals surface area contributed by atoms with Crippen molar-refractivity contribution in [3.8, 4) is 16.8 Å². The molecule has 0 radical (unpaired) electrons. The summed E-state index contributed by atoms with van der Waals surface area (Å²) in [5.74, 6) is 0. The summed E-state index contributed by atoms with van der Waals surface area (Å²) in [6.07, 6.45) is 0. The summed E-state index contributed by atoms with van der Waals surface area (Å²) in [5, 5.41) is 15.6. The summed E-state index contributed by atoms with van der Waals surface area (Å²) >= 11 is 0. The van der Waals surface area contributed by atoms with Crippen molar-refractivity contribution >= 4 is 75.7 Å². The lowest BCUT2D eigenvalue weighted by Gasteiger charge is -2.17. The largest absolute Gasteiger partial charge is 0.309 e. The average Bonchev–Trinajstić information content (AvgIpc) is 3.45. The van der Waals surface area contributed by atoms with Crippen molar-refractivity contribution in [1.82, 2.24) is 4.57 Å². The molecule has 0 amide bonds. The topological polar surface area (TPSA) is 4.93 Å². The first-order valence-corrected chi connectivity index (χ1v) is 15.6. The maximum absolute atomic E-state index is 2.43. The van der Waals surface area contributed by atoms with Crippen LogP contribution in [0.25, 0.3) is 92.5 Å². The number of rotatable bonds is 2. The van der Waals surface area contributed by atoms with Crippen molar-refractivity contribution in [3.63, 3.8) is 0 Å². The molecule has 9 aromatic carbocycles. The number of hydrogen-bond acceptors (Lipinski definition) is 0. The molecule has 45 heavy (non-hydrogen) atoms. The van der Waals surface area contributed by atoms with Gasteiger partial charge in [0, 0.05) is 16.5 Å². The molecule has 1 aromatic heterocycles. The van der Waals surface area contributed by atoms with E-state index < -0.39 is 0 Å². The Bertz CT molecular complexity index is 2790. The zero-order chi connectivity index (χ0) is 29.5. The van der Waals surface area contributed by atoms with E-state index in [1.54, 1.807) is 0 Å². The molecule has 0 saturated heterocycles. The summed E-state index contributed by atoms with van der Waals surface area (Å²) in [6.45, 7) is 0. The average molecular weight is 570 g/mol. The second kappa shape index (κ2) is 9.29. The Hall–Kier alpha value is -5.92. The number of benzene rings is 9. The van der Waals surface area contributed by atoms with Crippen LogP contribution in [0.4, 0.5) is 0 Å². The van der Waals surface area contributed by atoms with E-state index in [1.807, 2.05) is 0 Å². The first-order valence-electron chi connectivity index (χ1n) is 15.6. The minimum atomic E-state index is 1.18. The molecule has 0 spiro atoms. The van der Waals surface area contributed by atoms with Gasteiger partial charge in [0.15, 0.2) is 0 Å². The normalized spacial score (nSPS) is 12.0. The fourth-order valence-electron chi connectivity index (χ4n) is 7.81. The lowest BCUT2D eigenvalue weighted by molar-refractivity contribution is 1.18. The Morgan fingerprint density at radius 1 is 0.267 bits per heavy atom. The SMILES string of the molecule is c1ccc(-n2c3ccccc3c3cc(-c4ccc5c6ccccc6c6c7ccccc7c7ccccc7c6c5c4)ccc32)cc1. The lowest BCUT2D eigenvalue weighted by Crippen LogP contribution is -1.92. The van der Waals surface area contributed by atoms with Gasteiger partial charge < -0.3 is 4.57 Å². The van der Waals surface area contributed by atoms with Crippen molar-refractivity contribution in [2.24, 2.45) is 0 Å². The Labute approximate surface area is 260 Å². The van der Waals surface area contributed by atoms with E-state index in [-0.39, 0.29) is 0 Å². The molecule has 1 heterocycles. The molecule has 0 bridgehead atoms. The van der Waals surface area contributed by atoms with E-state index in [0.29, 0.717) is 0 Å². The Kier molecular flexibility index (Phi) is 5.06. The molecule has 1 nitrogen and oxygen atoms in total. The molecule has 0 atom stereocenters. The number of para-hydroxylation sites is 2. The van der Waals surface area contributed by atoms with Gasteiger partial charge in [-0.3, -0.25) is 0 Å². The minimum absolute atomic E-state index is 1.18. The predicted molar refractivity (Wildman–Crippen MR) is 194 cm³/mol. The van der Waals surface area contributed by atoms with Gasteiger partial charge >= 0.3 is 0 Å². The van der Waals surface area contributed by atoms with Crippen molar-refractivity contribution in [3.05, 3.63) is 164 Å². The number of hydrogen-bond donors (Lipinski definition) is 0. The third kappa shape index (κ3) is 3.44. The second-order valence-electron chi connectivity index (χ2n) is 12.1. The molecular formula is C44H27N. The van der Waals surface area contributed by atoms with Crippen LogP contribution in [-0.2, 0) is 0 Å². The van der Waals surface area contributed by atoms with Gasteiger partial charge in [-0.15, -0.1) is 0 Å². The zero-order valence-corrected chi connectivity index (χ0v) is 24.5. The van der Waals surface area contributed by atoms with Gasteiger partial charge in [-0.25, -0.2) is 0 Å². The van der Waals surface area contributed by atoms with E-state index in [9.17, 15) is 0 Å². The number of aromatic nitrogens is 1. The molecule has 1 heteroatoms. The molecule has 10 rings (SSSR count). The van der Waals surface area contributed by atoms with Gasteiger partial charge in [0.25, 0.3) is 0 Å². The van der Waals surface area contributed by atoms with Crippen molar-refractivity contribution in [1.29, 1.82) is 0 Å². The smallest absolute Gasteiger partial charge is 0.0541 e. The summed E-state index contributed by atoms with van der Waals surface area (Å²) < 4.78 is 2.38. The Morgan fingerprint density at radius 2 is 0.689 bits per heavy atom. The van der Waals surface area contributed by atoms with Gasteiger partial charge in [-0.1, -0.05) is 127 Å². The van der Waals surface area contributed by atoms with E-state index in [0.717, 1.165) is 0 Å². The number of nitrogens with zero attached hydrogens (tertiary/aromatic N) is 1. The van der Waals surface area contributed by atoms with Gasteiger partial charge in [0.2, 0.25) is 0 Å². The van der Waals surface area contributed by atoms with E-state index in [1.165, 1.54) is 92.5 Å². The van der Waals surface area contributed by atoms with Crippen molar-refractivity contribution in [2.75, 3.05) is 0 Å². The second-order valence-corrected chi connectivity index (χ2v) is 12.1. The van der Waals surface area contributed by atoms with Crippen LogP contribution in [0.2, 0.25) is 0 Å². The Morgan fingerprint density at radius 3 is 1.31 bits per heavy atom. The highest BCUT2D eigenvalue weighted by atomic mass is 15.0. The van der Waals surface area contributed by atoms with Crippen molar-refractivity contribution in [2.45, 2.75) is 0 Å². The molecular weight excluding hydrogens is 542 g/mol. The summed E-state index contributed by atoms with van der Waals surface area (Å²) in [6, 6.07) is 60.2. The van der Waals surface area contributed by atoms with Crippen LogP contribution >= 0.6 is 0 Å². The van der Waals surface area contributed by atoms with Gasteiger partial charge in [0.1, 0.15) is 0 Å². The quantitative estimate of drug-likeness (QED) is 0.183.